The standard InChI is InChI=1S/C17H18ClN3O2S/c1-3-11-4-7-13(8-5-11)19-17(24)21-20-16(22)14-10-12(18)6-9-15(14)23-2/h4-10H,3H2,1-2H3,(H,20,22)(H2,19,21,24). The Morgan fingerprint density at radius 3 is 2.50 bits per heavy atom. The molecule has 0 aliphatic heterocycles. The van der Waals surface area contributed by atoms with Gasteiger partial charge in [0.25, 0.3) is 5.91 Å². The fraction of sp³-hybridized carbons (Fsp3) is 0.176. The Kier molecular flexibility index (Phi) is 6.40. The lowest BCUT2D eigenvalue weighted by Gasteiger charge is -2.13. The summed E-state index contributed by atoms with van der Waals surface area (Å²) >= 11 is 11.1. The van der Waals surface area contributed by atoms with Gasteiger partial charge in [-0.1, -0.05) is 30.7 Å². The number of hydrogen-bond acceptors (Lipinski definition) is 3. The van der Waals surface area contributed by atoms with E-state index >= 15 is 0 Å². The fourth-order valence-electron chi connectivity index (χ4n) is 2.02. The van der Waals surface area contributed by atoms with Gasteiger partial charge in [-0.25, -0.2) is 0 Å². The van der Waals surface area contributed by atoms with E-state index in [0.717, 1.165) is 12.1 Å². The summed E-state index contributed by atoms with van der Waals surface area (Å²) < 4.78 is 5.15. The molecule has 0 aliphatic rings. The molecule has 0 spiro atoms. The predicted molar refractivity (Wildman–Crippen MR) is 101 cm³/mol. The van der Waals surface area contributed by atoms with E-state index in [9.17, 15) is 4.79 Å². The summed E-state index contributed by atoms with van der Waals surface area (Å²) in [4.78, 5) is 12.2. The number of halogens is 1. The van der Waals surface area contributed by atoms with E-state index in [1.54, 1.807) is 12.1 Å². The second-order valence-corrected chi connectivity index (χ2v) is 5.77. The minimum absolute atomic E-state index is 0.272. The summed E-state index contributed by atoms with van der Waals surface area (Å²) in [6, 6.07) is 12.7. The van der Waals surface area contributed by atoms with Crippen LogP contribution in [0.15, 0.2) is 42.5 Å². The zero-order valence-electron chi connectivity index (χ0n) is 13.4. The third-order valence-corrected chi connectivity index (χ3v) is 3.75. The molecule has 0 saturated heterocycles. The topological polar surface area (TPSA) is 62.4 Å². The molecule has 7 heteroatoms. The number of ether oxygens (including phenoxy) is 1. The van der Waals surface area contributed by atoms with Gasteiger partial charge in [-0.3, -0.25) is 15.6 Å². The van der Waals surface area contributed by atoms with Crippen molar-refractivity contribution in [3.8, 4) is 5.75 Å². The molecule has 0 heterocycles. The first-order chi connectivity index (χ1) is 11.5. The fourth-order valence-corrected chi connectivity index (χ4v) is 2.37. The molecule has 0 atom stereocenters. The number of carbonyl (C=O) groups excluding carboxylic acids is 1. The van der Waals surface area contributed by atoms with E-state index in [1.165, 1.54) is 18.7 Å². The summed E-state index contributed by atoms with van der Waals surface area (Å²) in [5.74, 6) is 0.0209. The van der Waals surface area contributed by atoms with Crippen molar-refractivity contribution in [3.63, 3.8) is 0 Å². The number of hydrogen-bond donors (Lipinski definition) is 3. The van der Waals surface area contributed by atoms with Crippen molar-refractivity contribution in [2.75, 3.05) is 12.4 Å². The van der Waals surface area contributed by atoms with Gasteiger partial charge < -0.3 is 10.1 Å². The molecule has 126 valence electrons. The van der Waals surface area contributed by atoms with Crippen molar-refractivity contribution in [1.29, 1.82) is 0 Å². The number of benzene rings is 2. The van der Waals surface area contributed by atoms with Gasteiger partial charge >= 0.3 is 0 Å². The van der Waals surface area contributed by atoms with Gasteiger partial charge in [0, 0.05) is 10.7 Å². The largest absolute Gasteiger partial charge is 0.496 e. The Balaban J connectivity index is 1.93. The number of rotatable bonds is 4. The number of aryl methyl sites for hydroxylation is 1. The number of thiocarbonyl (C=S) groups is 1. The van der Waals surface area contributed by atoms with Crippen LogP contribution in [0.2, 0.25) is 5.02 Å². The normalized spacial score (nSPS) is 9.96. The van der Waals surface area contributed by atoms with E-state index in [4.69, 9.17) is 28.6 Å². The number of hydrazine groups is 1. The molecule has 0 unspecified atom stereocenters. The second-order valence-electron chi connectivity index (χ2n) is 4.93. The molecule has 5 nitrogen and oxygen atoms in total. The summed E-state index contributed by atoms with van der Waals surface area (Å²) in [5, 5.41) is 3.70. The highest BCUT2D eigenvalue weighted by atomic mass is 35.5. The van der Waals surface area contributed by atoms with Crippen molar-refractivity contribution >= 4 is 40.5 Å². The van der Waals surface area contributed by atoms with Crippen LogP contribution in [-0.4, -0.2) is 18.1 Å². The minimum atomic E-state index is -0.403. The van der Waals surface area contributed by atoms with Crippen LogP contribution in [0.25, 0.3) is 0 Å². The molecule has 3 N–H and O–H groups in total. The maximum Gasteiger partial charge on any atom is 0.273 e. The number of anilines is 1. The molecule has 0 saturated carbocycles. The van der Waals surface area contributed by atoms with Crippen LogP contribution in [0.3, 0.4) is 0 Å². The van der Waals surface area contributed by atoms with Crippen LogP contribution in [0, 0.1) is 0 Å². The van der Waals surface area contributed by atoms with Crippen LogP contribution >= 0.6 is 23.8 Å². The second kappa shape index (κ2) is 8.52. The predicted octanol–water partition coefficient (Wildman–Crippen LogP) is 3.54. The monoisotopic (exact) mass is 363 g/mol. The maximum atomic E-state index is 12.2. The summed E-state index contributed by atoms with van der Waals surface area (Å²) in [6.45, 7) is 2.09. The third kappa shape index (κ3) is 4.84. The smallest absolute Gasteiger partial charge is 0.273 e. The van der Waals surface area contributed by atoms with E-state index in [0.29, 0.717) is 16.3 Å². The van der Waals surface area contributed by atoms with Gasteiger partial charge in [-0.05, 0) is 54.5 Å². The molecule has 1 amide bonds. The lowest BCUT2D eigenvalue weighted by Crippen LogP contribution is -2.43. The number of nitrogens with one attached hydrogen (secondary N) is 3. The Morgan fingerprint density at radius 2 is 1.88 bits per heavy atom. The van der Waals surface area contributed by atoms with E-state index in [-0.39, 0.29) is 5.11 Å². The average Bonchev–Trinajstić information content (AvgIpc) is 2.60. The molecule has 0 radical (unpaired) electrons. The Hall–Kier alpha value is -2.31. The van der Waals surface area contributed by atoms with E-state index in [1.807, 2.05) is 24.3 Å². The molecule has 0 bridgehead atoms. The molecule has 0 fully saturated rings. The van der Waals surface area contributed by atoms with E-state index < -0.39 is 5.91 Å². The first kappa shape index (κ1) is 18.0. The van der Waals surface area contributed by atoms with Crippen molar-refractivity contribution in [2.45, 2.75) is 13.3 Å². The average molecular weight is 364 g/mol. The van der Waals surface area contributed by atoms with Crippen LogP contribution < -0.4 is 20.9 Å². The number of methoxy groups -OCH3 is 1. The van der Waals surface area contributed by atoms with Crippen molar-refractivity contribution in [3.05, 3.63) is 58.6 Å². The summed E-state index contributed by atoms with van der Waals surface area (Å²) in [6.07, 6.45) is 0.973. The van der Waals surface area contributed by atoms with Crippen molar-refractivity contribution in [1.82, 2.24) is 10.9 Å². The number of amides is 1. The highest BCUT2D eigenvalue weighted by molar-refractivity contribution is 7.80. The van der Waals surface area contributed by atoms with Crippen LogP contribution in [0.5, 0.6) is 5.75 Å². The van der Waals surface area contributed by atoms with E-state index in [2.05, 4.69) is 23.1 Å². The molecule has 0 aliphatic carbocycles. The third-order valence-electron chi connectivity index (χ3n) is 3.32. The first-order valence-corrected chi connectivity index (χ1v) is 8.12. The molecule has 2 aromatic rings. The Morgan fingerprint density at radius 1 is 1.17 bits per heavy atom. The zero-order chi connectivity index (χ0) is 17.5. The SMILES string of the molecule is CCc1ccc(NC(=S)NNC(=O)c2cc(Cl)ccc2OC)cc1. The lowest BCUT2D eigenvalue weighted by molar-refractivity contribution is 0.0941. The van der Waals surface area contributed by atoms with Gasteiger partial charge in [-0.2, -0.15) is 0 Å². The highest BCUT2D eigenvalue weighted by Crippen LogP contribution is 2.22. The summed E-state index contributed by atoms with van der Waals surface area (Å²) in [5.41, 5.74) is 7.55. The first-order valence-electron chi connectivity index (χ1n) is 7.33. The van der Waals surface area contributed by atoms with Crippen molar-refractivity contribution < 1.29 is 9.53 Å². The molecule has 2 rings (SSSR count). The van der Waals surface area contributed by atoms with Gasteiger partial charge in [0.15, 0.2) is 5.11 Å². The Labute approximate surface area is 151 Å². The highest BCUT2D eigenvalue weighted by Gasteiger charge is 2.13. The molecular formula is C17H18ClN3O2S. The van der Waals surface area contributed by atoms with Gasteiger partial charge in [0.2, 0.25) is 0 Å². The van der Waals surface area contributed by atoms with Gasteiger partial charge in [0.1, 0.15) is 5.75 Å². The van der Waals surface area contributed by atoms with Gasteiger partial charge in [-0.15, -0.1) is 0 Å². The van der Waals surface area contributed by atoms with Crippen LogP contribution in [0.1, 0.15) is 22.8 Å². The lowest BCUT2D eigenvalue weighted by atomic mass is 10.1. The minimum Gasteiger partial charge on any atom is -0.496 e. The zero-order valence-corrected chi connectivity index (χ0v) is 14.9. The Bertz CT molecular complexity index is 735. The summed E-state index contributed by atoms with van der Waals surface area (Å²) in [7, 11) is 1.49. The molecule has 2 aromatic carbocycles. The molecule has 24 heavy (non-hydrogen) atoms. The van der Waals surface area contributed by atoms with Crippen LogP contribution in [-0.2, 0) is 6.42 Å². The maximum absolute atomic E-state index is 12.2. The quantitative estimate of drug-likeness (QED) is 0.573. The van der Waals surface area contributed by atoms with Crippen LogP contribution in [0.4, 0.5) is 5.69 Å². The van der Waals surface area contributed by atoms with Gasteiger partial charge in [0.05, 0.1) is 12.7 Å². The van der Waals surface area contributed by atoms with Crippen molar-refractivity contribution in [2.24, 2.45) is 0 Å². The molecular weight excluding hydrogens is 346 g/mol. The molecule has 0 aromatic heterocycles. The number of carbonyl (C=O) groups is 1.